The number of thiophene rings is 1. The zero-order valence-corrected chi connectivity index (χ0v) is 21.9. The predicted octanol–water partition coefficient (Wildman–Crippen LogP) is 3.62. The first-order chi connectivity index (χ1) is 17.4. The number of nitrogens with one attached hydrogen (secondary N) is 1. The molecule has 1 aromatic heterocycles. The van der Waals surface area contributed by atoms with Gasteiger partial charge in [-0.3, -0.25) is 24.7 Å². The van der Waals surface area contributed by atoms with Crippen LogP contribution in [0.4, 0.5) is 0 Å². The van der Waals surface area contributed by atoms with Crippen molar-refractivity contribution in [3.05, 3.63) is 51.7 Å². The molecule has 1 aromatic carbocycles. The van der Waals surface area contributed by atoms with Crippen molar-refractivity contribution < 1.29 is 34.1 Å². The molecule has 0 fully saturated rings. The lowest BCUT2D eigenvalue weighted by molar-refractivity contribution is -0.145. The first-order valence-electron chi connectivity index (χ1n) is 11.8. The number of hydrogen-bond donors (Lipinski definition) is 4. The summed E-state index contributed by atoms with van der Waals surface area (Å²) in [5.74, 6) is -3.72. The van der Waals surface area contributed by atoms with E-state index in [1.165, 1.54) is 11.3 Å². The van der Waals surface area contributed by atoms with E-state index in [0.29, 0.717) is 29.2 Å². The number of carbonyl (C=O) groups is 4. The molecule has 1 heterocycles. The van der Waals surface area contributed by atoms with E-state index in [2.05, 4.69) is 0 Å². The second-order valence-corrected chi connectivity index (χ2v) is 10.5. The number of ketones is 1. The van der Waals surface area contributed by atoms with Gasteiger partial charge in [0.2, 0.25) is 0 Å². The maximum atomic E-state index is 13.1. The SMILES string of the molecule is CC(C)C[C@@H](C(=O)C[C@@H](CCC(=O)O)C(=O)O)N(C)Cc1ccc(C(=O)Oc2ccc(C(=N)N)cc2)s1. The monoisotopic (exact) mass is 531 g/mol. The lowest BCUT2D eigenvalue weighted by Crippen LogP contribution is -2.40. The van der Waals surface area contributed by atoms with Gasteiger partial charge in [-0.15, -0.1) is 11.3 Å². The molecule has 5 N–H and O–H groups in total. The highest BCUT2D eigenvalue weighted by molar-refractivity contribution is 7.13. The summed E-state index contributed by atoms with van der Waals surface area (Å²) >= 11 is 1.23. The van der Waals surface area contributed by atoms with Crippen LogP contribution >= 0.6 is 11.3 Å². The van der Waals surface area contributed by atoms with Gasteiger partial charge >= 0.3 is 17.9 Å². The minimum absolute atomic E-state index is 0.0853. The van der Waals surface area contributed by atoms with Crippen LogP contribution < -0.4 is 10.5 Å². The molecule has 10 nitrogen and oxygen atoms in total. The van der Waals surface area contributed by atoms with Gasteiger partial charge in [0, 0.05) is 29.8 Å². The number of rotatable bonds is 15. The minimum atomic E-state index is -1.18. The Hall–Kier alpha value is -3.57. The van der Waals surface area contributed by atoms with Gasteiger partial charge in [0.15, 0.2) is 5.78 Å². The van der Waals surface area contributed by atoms with Crippen molar-refractivity contribution in [1.29, 1.82) is 5.41 Å². The molecular weight excluding hydrogens is 498 g/mol. The molecule has 200 valence electrons. The Morgan fingerprint density at radius 2 is 1.73 bits per heavy atom. The fourth-order valence-electron chi connectivity index (χ4n) is 3.78. The number of Topliss-reactive ketones (excluding diaryl/α,β-unsaturated/α-hetero) is 1. The van der Waals surface area contributed by atoms with Crippen LogP contribution in [0.15, 0.2) is 36.4 Å². The number of carboxylic acids is 2. The van der Waals surface area contributed by atoms with E-state index < -0.39 is 29.9 Å². The Balaban J connectivity index is 2.06. The summed E-state index contributed by atoms with van der Waals surface area (Å²) in [5.41, 5.74) is 5.95. The van der Waals surface area contributed by atoms with Crippen LogP contribution in [0, 0.1) is 17.2 Å². The first-order valence-corrected chi connectivity index (χ1v) is 12.6. The zero-order valence-electron chi connectivity index (χ0n) is 21.1. The molecule has 0 spiro atoms. The molecule has 0 bridgehead atoms. The average Bonchev–Trinajstić information content (AvgIpc) is 3.28. The molecule has 2 atom stereocenters. The molecule has 0 aliphatic heterocycles. The van der Waals surface area contributed by atoms with Gasteiger partial charge in [-0.05, 0) is 62.2 Å². The van der Waals surface area contributed by atoms with Crippen molar-refractivity contribution in [3.63, 3.8) is 0 Å². The highest BCUT2D eigenvalue weighted by atomic mass is 32.1. The second kappa shape index (κ2) is 13.7. The number of aliphatic carboxylic acids is 2. The Kier molecular flexibility index (Phi) is 10.9. The van der Waals surface area contributed by atoms with Crippen LogP contribution in [0.3, 0.4) is 0 Å². The van der Waals surface area contributed by atoms with Gasteiger partial charge in [0.1, 0.15) is 16.5 Å². The molecule has 11 heteroatoms. The maximum Gasteiger partial charge on any atom is 0.353 e. The third-order valence-corrected chi connectivity index (χ3v) is 6.80. The topological polar surface area (TPSA) is 171 Å². The van der Waals surface area contributed by atoms with E-state index in [9.17, 15) is 24.3 Å². The highest BCUT2D eigenvalue weighted by Gasteiger charge is 2.30. The van der Waals surface area contributed by atoms with E-state index in [1.807, 2.05) is 18.7 Å². The zero-order chi connectivity index (χ0) is 27.7. The third-order valence-electron chi connectivity index (χ3n) is 5.75. The molecule has 0 aliphatic carbocycles. The van der Waals surface area contributed by atoms with Crippen molar-refractivity contribution >= 4 is 40.9 Å². The summed E-state index contributed by atoms with van der Waals surface area (Å²) in [6.07, 6.45) is -0.155. The number of ether oxygens (including phenoxy) is 1. The normalized spacial score (nSPS) is 12.8. The van der Waals surface area contributed by atoms with E-state index >= 15 is 0 Å². The van der Waals surface area contributed by atoms with E-state index in [1.54, 1.807) is 43.4 Å². The molecule has 0 radical (unpaired) electrons. The average molecular weight is 532 g/mol. The van der Waals surface area contributed by atoms with Crippen molar-refractivity contribution in [2.45, 2.75) is 52.1 Å². The number of esters is 1. The number of carbonyl (C=O) groups excluding carboxylic acids is 2. The lowest BCUT2D eigenvalue weighted by Gasteiger charge is -2.29. The number of nitrogen functional groups attached to an aromatic ring is 1. The van der Waals surface area contributed by atoms with E-state index in [-0.39, 0.29) is 36.8 Å². The summed E-state index contributed by atoms with van der Waals surface area (Å²) in [6.45, 7) is 4.30. The Bertz CT molecular complexity index is 1130. The largest absolute Gasteiger partial charge is 0.481 e. The lowest BCUT2D eigenvalue weighted by atomic mass is 9.90. The highest BCUT2D eigenvalue weighted by Crippen LogP contribution is 2.24. The summed E-state index contributed by atoms with van der Waals surface area (Å²) in [4.78, 5) is 51.2. The Morgan fingerprint density at radius 3 is 2.27 bits per heavy atom. The number of carboxylic acid groups (broad SMARTS) is 2. The molecular formula is C26H33N3O7S. The number of nitrogens with zero attached hydrogens (tertiary/aromatic N) is 1. The van der Waals surface area contributed by atoms with E-state index in [4.69, 9.17) is 21.0 Å². The third kappa shape index (κ3) is 9.43. The van der Waals surface area contributed by atoms with Crippen molar-refractivity contribution in [2.75, 3.05) is 7.05 Å². The summed E-state index contributed by atoms with van der Waals surface area (Å²) < 4.78 is 5.39. The van der Waals surface area contributed by atoms with Crippen LogP contribution in [0.5, 0.6) is 5.75 Å². The standard InChI is InChI=1S/C26H33N3O7S/c1-15(2)12-20(21(30)13-17(25(33)34)6-11-23(31)32)29(3)14-19-9-10-22(37-19)26(35)36-18-7-4-16(5-8-18)24(27)28/h4-5,7-10,15,17,20H,6,11-14H2,1-3H3,(H3,27,28)(H,31,32)(H,33,34)/t17-,20+/m1/s1. The summed E-state index contributed by atoms with van der Waals surface area (Å²) in [6, 6.07) is 9.15. The number of nitrogens with two attached hydrogens (primary N) is 1. The summed E-state index contributed by atoms with van der Waals surface area (Å²) in [5, 5.41) is 25.8. The second-order valence-electron chi connectivity index (χ2n) is 9.29. The van der Waals surface area contributed by atoms with Crippen molar-refractivity contribution in [2.24, 2.45) is 17.6 Å². The fraction of sp³-hybridized carbons (Fsp3) is 0.423. The number of likely N-dealkylation sites (N-methyl/N-ethyl adjacent to an activating group) is 1. The van der Waals surface area contributed by atoms with Gasteiger partial charge in [0.25, 0.3) is 0 Å². The van der Waals surface area contributed by atoms with E-state index in [0.717, 1.165) is 4.88 Å². The van der Waals surface area contributed by atoms with Crippen LogP contribution in [0.1, 0.15) is 59.6 Å². The van der Waals surface area contributed by atoms with Gasteiger partial charge in [-0.25, -0.2) is 4.79 Å². The minimum Gasteiger partial charge on any atom is -0.481 e. The molecule has 2 rings (SSSR count). The number of amidine groups is 1. The molecule has 0 saturated heterocycles. The van der Waals surface area contributed by atoms with Gasteiger partial charge in [-0.1, -0.05) is 13.8 Å². The van der Waals surface area contributed by atoms with Gasteiger partial charge in [-0.2, -0.15) is 0 Å². The number of hydrogen-bond acceptors (Lipinski definition) is 8. The molecule has 0 saturated carbocycles. The molecule has 2 aromatic rings. The first kappa shape index (κ1) is 29.7. The molecule has 0 unspecified atom stereocenters. The Labute approximate surface area is 219 Å². The maximum absolute atomic E-state index is 13.1. The van der Waals surface area contributed by atoms with Crippen molar-refractivity contribution in [1.82, 2.24) is 4.90 Å². The number of benzene rings is 1. The van der Waals surface area contributed by atoms with Gasteiger partial charge < -0.3 is 20.7 Å². The van der Waals surface area contributed by atoms with Gasteiger partial charge in [0.05, 0.1) is 12.0 Å². The Morgan fingerprint density at radius 1 is 1.08 bits per heavy atom. The summed E-state index contributed by atoms with van der Waals surface area (Å²) in [7, 11) is 1.77. The molecule has 0 amide bonds. The molecule has 0 aliphatic rings. The van der Waals surface area contributed by atoms with Crippen LogP contribution in [-0.2, 0) is 20.9 Å². The van der Waals surface area contributed by atoms with Crippen LogP contribution in [-0.4, -0.2) is 57.7 Å². The predicted molar refractivity (Wildman–Crippen MR) is 139 cm³/mol. The fourth-order valence-corrected chi connectivity index (χ4v) is 4.73. The smallest absolute Gasteiger partial charge is 0.353 e. The van der Waals surface area contributed by atoms with Crippen LogP contribution in [0.2, 0.25) is 0 Å². The van der Waals surface area contributed by atoms with Crippen LogP contribution in [0.25, 0.3) is 0 Å². The van der Waals surface area contributed by atoms with Crippen molar-refractivity contribution in [3.8, 4) is 5.75 Å². The molecule has 37 heavy (non-hydrogen) atoms. The quantitative estimate of drug-likeness (QED) is 0.116.